The van der Waals surface area contributed by atoms with Gasteiger partial charge in [0.15, 0.2) is 11.0 Å². The van der Waals surface area contributed by atoms with Crippen molar-refractivity contribution in [3.8, 4) is 11.4 Å². The minimum Gasteiger partial charge on any atom is -0.378 e. The first-order chi connectivity index (χ1) is 13.0. The predicted octanol–water partition coefficient (Wildman–Crippen LogP) is 3.05. The highest BCUT2D eigenvalue weighted by Gasteiger charge is 2.15. The van der Waals surface area contributed by atoms with Crippen LogP contribution in [0.4, 0.5) is 11.4 Å². The number of nitrogens with zero attached hydrogens (tertiary/aromatic N) is 7. The average Bonchev–Trinajstić information content (AvgIpc) is 3.28. The lowest BCUT2D eigenvalue weighted by Gasteiger charge is -2.13. The van der Waals surface area contributed by atoms with E-state index in [1.165, 1.54) is 28.8 Å². The highest BCUT2D eigenvalue weighted by Crippen LogP contribution is 2.26. The third kappa shape index (κ3) is 4.17. The molecule has 0 aliphatic rings. The maximum atomic E-state index is 10.8. The summed E-state index contributed by atoms with van der Waals surface area (Å²) in [5.74, 6) is 1.14. The fourth-order valence-corrected chi connectivity index (χ4v) is 3.26. The van der Waals surface area contributed by atoms with Crippen molar-refractivity contribution in [2.75, 3.05) is 19.0 Å². The van der Waals surface area contributed by atoms with Gasteiger partial charge in [0.25, 0.3) is 0 Å². The van der Waals surface area contributed by atoms with E-state index >= 15 is 0 Å². The molecule has 2 heterocycles. The molecule has 0 saturated heterocycles. The van der Waals surface area contributed by atoms with Gasteiger partial charge < -0.3 is 4.90 Å². The highest BCUT2D eigenvalue weighted by atomic mass is 32.2. The van der Waals surface area contributed by atoms with Crippen molar-refractivity contribution in [2.45, 2.75) is 17.6 Å². The summed E-state index contributed by atoms with van der Waals surface area (Å²) in [6, 6.07) is 8.06. The SMILES string of the molecule is C=CCn1c(SCn2cc([N+](=O)[O-])cn2)nnc1-c1ccc(N(C)C)cc1. The van der Waals surface area contributed by atoms with Gasteiger partial charge in [0, 0.05) is 31.9 Å². The number of anilines is 1. The van der Waals surface area contributed by atoms with Crippen molar-refractivity contribution in [3.63, 3.8) is 0 Å². The largest absolute Gasteiger partial charge is 0.378 e. The van der Waals surface area contributed by atoms with Crippen molar-refractivity contribution in [1.29, 1.82) is 0 Å². The number of aromatic nitrogens is 5. The first-order valence-corrected chi connectivity index (χ1v) is 9.09. The van der Waals surface area contributed by atoms with Gasteiger partial charge in [-0.05, 0) is 24.3 Å². The van der Waals surface area contributed by atoms with Crippen molar-refractivity contribution in [2.24, 2.45) is 0 Å². The Balaban J connectivity index is 1.81. The number of thioether (sulfide) groups is 1. The first-order valence-electron chi connectivity index (χ1n) is 8.11. The van der Waals surface area contributed by atoms with Crippen LogP contribution in [0.3, 0.4) is 0 Å². The zero-order valence-electron chi connectivity index (χ0n) is 15.0. The number of benzene rings is 1. The molecule has 10 heteroatoms. The molecular weight excluding hydrogens is 366 g/mol. The maximum absolute atomic E-state index is 10.8. The lowest BCUT2D eigenvalue weighted by atomic mass is 10.2. The molecule has 0 radical (unpaired) electrons. The Labute approximate surface area is 160 Å². The third-order valence-electron chi connectivity index (χ3n) is 3.83. The molecule has 3 aromatic rings. The van der Waals surface area contributed by atoms with E-state index in [4.69, 9.17) is 0 Å². The van der Waals surface area contributed by atoms with Gasteiger partial charge >= 0.3 is 5.69 Å². The Bertz CT molecular complexity index is 947. The third-order valence-corrected chi connectivity index (χ3v) is 4.78. The zero-order chi connectivity index (χ0) is 19.4. The normalized spacial score (nSPS) is 10.7. The van der Waals surface area contributed by atoms with Gasteiger partial charge in [0.1, 0.15) is 12.4 Å². The van der Waals surface area contributed by atoms with Gasteiger partial charge in [0.2, 0.25) is 0 Å². The quantitative estimate of drug-likeness (QED) is 0.254. The summed E-state index contributed by atoms with van der Waals surface area (Å²) < 4.78 is 3.46. The summed E-state index contributed by atoms with van der Waals surface area (Å²) in [5, 5.41) is 24.0. The van der Waals surface area contributed by atoms with E-state index in [1.54, 1.807) is 6.08 Å². The number of rotatable bonds is 8. The second-order valence-electron chi connectivity index (χ2n) is 5.92. The average molecular weight is 385 g/mol. The molecule has 0 aliphatic carbocycles. The molecule has 9 nitrogen and oxygen atoms in total. The molecule has 0 N–H and O–H groups in total. The second kappa shape index (κ2) is 8.04. The van der Waals surface area contributed by atoms with Gasteiger partial charge in [-0.1, -0.05) is 17.8 Å². The van der Waals surface area contributed by atoms with E-state index in [2.05, 4.69) is 21.9 Å². The Morgan fingerprint density at radius 3 is 2.63 bits per heavy atom. The fourth-order valence-electron chi connectivity index (χ4n) is 2.45. The Hall–Kier alpha value is -3.14. The van der Waals surface area contributed by atoms with E-state index < -0.39 is 4.92 Å². The molecule has 1 aromatic carbocycles. The maximum Gasteiger partial charge on any atom is 0.307 e. The molecule has 0 fully saturated rings. The topological polar surface area (TPSA) is 94.9 Å². The van der Waals surface area contributed by atoms with Gasteiger partial charge in [-0.3, -0.25) is 19.4 Å². The van der Waals surface area contributed by atoms with Crippen molar-refractivity contribution >= 4 is 23.1 Å². The predicted molar refractivity (Wildman–Crippen MR) is 105 cm³/mol. The molecule has 2 aromatic heterocycles. The summed E-state index contributed by atoms with van der Waals surface area (Å²) >= 11 is 1.40. The molecule has 3 rings (SSSR count). The smallest absolute Gasteiger partial charge is 0.307 e. The Morgan fingerprint density at radius 2 is 2.04 bits per heavy atom. The Morgan fingerprint density at radius 1 is 1.30 bits per heavy atom. The summed E-state index contributed by atoms with van der Waals surface area (Å²) in [6.07, 6.45) is 4.40. The van der Waals surface area contributed by atoms with E-state index in [0.29, 0.717) is 17.6 Å². The van der Waals surface area contributed by atoms with Gasteiger partial charge in [0.05, 0.1) is 10.8 Å². The van der Waals surface area contributed by atoms with Crippen LogP contribution in [0.5, 0.6) is 0 Å². The van der Waals surface area contributed by atoms with Crippen LogP contribution < -0.4 is 4.90 Å². The van der Waals surface area contributed by atoms with Crippen LogP contribution in [0.1, 0.15) is 0 Å². The molecule has 0 bridgehead atoms. The molecule has 140 valence electrons. The zero-order valence-corrected chi connectivity index (χ0v) is 15.8. The van der Waals surface area contributed by atoms with Crippen LogP contribution in [0, 0.1) is 10.1 Å². The molecule has 27 heavy (non-hydrogen) atoms. The minimum atomic E-state index is -0.468. The Kier molecular flexibility index (Phi) is 5.55. The van der Waals surface area contributed by atoms with Crippen LogP contribution in [0.25, 0.3) is 11.4 Å². The van der Waals surface area contributed by atoms with Crippen molar-refractivity contribution < 1.29 is 4.92 Å². The molecule has 0 spiro atoms. The van der Waals surface area contributed by atoms with Crippen LogP contribution in [0.15, 0.2) is 54.5 Å². The molecule has 0 unspecified atom stereocenters. The standard InChI is InChI=1S/C17H19N7O2S/c1-4-9-23-16(13-5-7-14(8-6-13)21(2)3)19-20-17(23)27-12-22-11-15(10-18-22)24(25)26/h4-8,10-11H,1,9,12H2,2-3H3. The van der Waals surface area contributed by atoms with E-state index in [0.717, 1.165) is 17.1 Å². The lowest BCUT2D eigenvalue weighted by molar-refractivity contribution is -0.385. The monoisotopic (exact) mass is 385 g/mol. The second-order valence-corrected chi connectivity index (χ2v) is 6.83. The van der Waals surface area contributed by atoms with E-state index in [1.807, 2.05) is 47.8 Å². The first kappa shape index (κ1) is 18.6. The molecule has 0 atom stereocenters. The van der Waals surface area contributed by atoms with Gasteiger partial charge in [-0.25, -0.2) is 0 Å². The lowest BCUT2D eigenvalue weighted by Crippen LogP contribution is -2.08. The molecule has 0 aliphatic heterocycles. The highest BCUT2D eigenvalue weighted by molar-refractivity contribution is 7.98. The van der Waals surface area contributed by atoms with E-state index in [9.17, 15) is 10.1 Å². The van der Waals surface area contributed by atoms with Crippen LogP contribution >= 0.6 is 11.8 Å². The van der Waals surface area contributed by atoms with Crippen molar-refractivity contribution in [1.82, 2.24) is 24.5 Å². The molecule has 0 amide bonds. The fraction of sp³-hybridized carbons (Fsp3) is 0.235. The van der Waals surface area contributed by atoms with Crippen molar-refractivity contribution in [3.05, 3.63) is 59.4 Å². The summed E-state index contributed by atoms with van der Waals surface area (Å²) in [4.78, 5) is 12.3. The number of hydrogen-bond acceptors (Lipinski definition) is 7. The molecular formula is C17H19N7O2S. The van der Waals surface area contributed by atoms with Crippen LogP contribution in [0.2, 0.25) is 0 Å². The minimum absolute atomic E-state index is 0.0372. The van der Waals surface area contributed by atoms with Gasteiger partial charge in [-0.15, -0.1) is 16.8 Å². The summed E-state index contributed by atoms with van der Waals surface area (Å²) in [5.41, 5.74) is 2.02. The van der Waals surface area contributed by atoms with Crippen LogP contribution in [-0.2, 0) is 12.4 Å². The van der Waals surface area contributed by atoms with E-state index in [-0.39, 0.29) is 5.69 Å². The number of hydrogen-bond donors (Lipinski definition) is 0. The summed E-state index contributed by atoms with van der Waals surface area (Å²) in [6.45, 7) is 4.36. The van der Waals surface area contributed by atoms with Crippen LogP contribution in [-0.4, -0.2) is 43.6 Å². The number of nitro groups is 1. The van der Waals surface area contributed by atoms with Gasteiger partial charge in [-0.2, -0.15) is 5.10 Å². The molecule has 0 saturated carbocycles. The number of allylic oxidation sites excluding steroid dienone is 1. The summed E-state index contributed by atoms with van der Waals surface area (Å²) in [7, 11) is 3.98.